The second-order valence-electron chi connectivity index (χ2n) is 3.34. The highest BCUT2D eigenvalue weighted by molar-refractivity contribution is 9.10. The van der Waals surface area contributed by atoms with Crippen molar-refractivity contribution in [2.24, 2.45) is 7.05 Å². The predicted octanol–water partition coefficient (Wildman–Crippen LogP) is 3.81. The van der Waals surface area contributed by atoms with Crippen molar-refractivity contribution in [1.82, 2.24) is 9.55 Å². The van der Waals surface area contributed by atoms with E-state index in [1.165, 1.54) is 0 Å². The number of aromatic nitrogens is 2. The van der Waals surface area contributed by atoms with Gasteiger partial charge in [-0.15, -0.1) is 0 Å². The molecule has 0 fully saturated rings. The summed E-state index contributed by atoms with van der Waals surface area (Å²) in [6.07, 6.45) is 0. The summed E-state index contributed by atoms with van der Waals surface area (Å²) in [4.78, 5) is 4.47. The zero-order valence-electron chi connectivity index (χ0n) is 8.46. The van der Waals surface area contributed by atoms with E-state index in [9.17, 15) is 0 Å². The van der Waals surface area contributed by atoms with Gasteiger partial charge in [0, 0.05) is 12.6 Å². The molecule has 4 heteroatoms. The molecule has 0 spiro atoms. The summed E-state index contributed by atoms with van der Waals surface area (Å²) >= 11 is 9.64. The lowest BCUT2D eigenvalue weighted by Gasteiger charge is -2.01. The molecule has 0 aliphatic rings. The van der Waals surface area contributed by atoms with Crippen LogP contribution in [0.15, 0.2) is 28.9 Å². The molecule has 0 aliphatic carbocycles. The molecule has 15 heavy (non-hydrogen) atoms. The third-order valence-corrected chi connectivity index (χ3v) is 3.61. The summed E-state index contributed by atoms with van der Waals surface area (Å²) in [7, 11) is 1.97. The first-order valence-electron chi connectivity index (χ1n) is 4.55. The van der Waals surface area contributed by atoms with Gasteiger partial charge in [0.2, 0.25) is 0 Å². The fourth-order valence-corrected chi connectivity index (χ4v) is 2.19. The fourth-order valence-electron chi connectivity index (χ4n) is 1.41. The van der Waals surface area contributed by atoms with Crippen molar-refractivity contribution in [3.8, 4) is 11.3 Å². The normalized spacial score (nSPS) is 10.7. The van der Waals surface area contributed by atoms with E-state index in [0.29, 0.717) is 0 Å². The average molecular weight is 286 g/mol. The van der Waals surface area contributed by atoms with Crippen molar-refractivity contribution in [3.05, 3.63) is 39.7 Å². The van der Waals surface area contributed by atoms with Gasteiger partial charge < -0.3 is 4.57 Å². The number of hydrogen-bond donors (Lipinski definition) is 0. The lowest BCUT2D eigenvalue weighted by Crippen LogP contribution is -1.90. The molecule has 2 nitrogen and oxygen atoms in total. The van der Waals surface area contributed by atoms with Gasteiger partial charge in [0.15, 0.2) is 0 Å². The molecule has 0 aliphatic heterocycles. The van der Waals surface area contributed by atoms with Crippen molar-refractivity contribution in [3.63, 3.8) is 0 Å². The van der Waals surface area contributed by atoms with Gasteiger partial charge in [-0.25, -0.2) is 4.98 Å². The van der Waals surface area contributed by atoms with Gasteiger partial charge in [0.1, 0.15) is 16.1 Å². The second kappa shape index (κ2) is 3.99. The number of aryl methyl sites for hydroxylation is 1. The topological polar surface area (TPSA) is 17.8 Å². The molecular formula is C11H10BrClN2. The van der Waals surface area contributed by atoms with Crippen LogP contribution in [0.3, 0.4) is 0 Å². The molecule has 0 amide bonds. The molecule has 0 atom stereocenters. The molecule has 0 saturated heterocycles. The highest BCUT2D eigenvalue weighted by Gasteiger charge is 2.13. The highest BCUT2D eigenvalue weighted by atomic mass is 79.9. The van der Waals surface area contributed by atoms with Crippen LogP contribution in [0.2, 0.25) is 5.02 Å². The van der Waals surface area contributed by atoms with E-state index in [4.69, 9.17) is 11.6 Å². The lowest BCUT2D eigenvalue weighted by atomic mass is 10.2. The van der Waals surface area contributed by atoms with Crippen molar-refractivity contribution in [2.45, 2.75) is 6.92 Å². The summed E-state index contributed by atoms with van der Waals surface area (Å²) in [5.74, 6) is 0.955. The molecule has 1 aromatic heterocycles. The van der Waals surface area contributed by atoms with Crippen molar-refractivity contribution < 1.29 is 0 Å². The average Bonchev–Trinajstić information content (AvgIpc) is 2.47. The standard InChI is InChI=1S/C11H10BrClN2/c1-7-14-10(11(12)15(7)2)8-5-3-4-6-9(8)13/h3-6H,1-2H3. The Morgan fingerprint density at radius 3 is 2.53 bits per heavy atom. The molecule has 0 radical (unpaired) electrons. The summed E-state index contributed by atoms with van der Waals surface area (Å²) in [5.41, 5.74) is 1.84. The summed E-state index contributed by atoms with van der Waals surface area (Å²) in [5, 5.41) is 0.719. The SMILES string of the molecule is Cc1nc(-c2ccccc2Cl)c(Br)n1C. The van der Waals surface area contributed by atoms with Crippen molar-refractivity contribution in [2.75, 3.05) is 0 Å². The Kier molecular flexibility index (Phi) is 2.85. The van der Waals surface area contributed by atoms with Crippen LogP contribution in [-0.2, 0) is 7.05 Å². The molecule has 1 heterocycles. The molecule has 78 valence electrons. The highest BCUT2D eigenvalue weighted by Crippen LogP contribution is 2.32. The van der Waals surface area contributed by atoms with Gasteiger partial charge in [-0.2, -0.15) is 0 Å². The fraction of sp³-hybridized carbons (Fsp3) is 0.182. The van der Waals surface area contributed by atoms with E-state index in [1.807, 2.05) is 42.8 Å². The van der Waals surface area contributed by atoms with Gasteiger partial charge in [-0.3, -0.25) is 0 Å². The monoisotopic (exact) mass is 284 g/mol. The number of halogens is 2. The summed E-state index contributed by atoms with van der Waals surface area (Å²) < 4.78 is 2.94. The van der Waals surface area contributed by atoms with Crippen LogP contribution in [0.1, 0.15) is 5.82 Å². The van der Waals surface area contributed by atoms with E-state index >= 15 is 0 Å². The van der Waals surface area contributed by atoms with Crippen LogP contribution in [-0.4, -0.2) is 9.55 Å². The minimum atomic E-state index is 0.719. The predicted molar refractivity (Wildman–Crippen MR) is 66.1 cm³/mol. The van der Waals surface area contributed by atoms with Gasteiger partial charge >= 0.3 is 0 Å². The Bertz CT molecular complexity index is 505. The maximum atomic E-state index is 6.12. The molecule has 1 aromatic carbocycles. The van der Waals surface area contributed by atoms with E-state index in [0.717, 1.165) is 26.7 Å². The lowest BCUT2D eigenvalue weighted by molar-refractivity contribution is 0.840. The van der Waals surface area contributed by atoms with Gasteiger partial charge in [0.05, 0.1) is 5.02 Å². The second-order valence-corrected chi connectivity index (χ2v) is 4.50. The van der Waals surface area contributed by atoms with Crippen LogP contribution in [0, 0.1) is 6.92 Å². The molecule has 0 bridgehead atoms. The van der Waals surface area contributed by atoms with Crippen LogP contribution in [0.25, 0.3) is 11.3 Å². The number of benzene rings is 1. The summed E-state index contributed by atoms with van der Waals surface area (Å²) in [6, 6.07) is 7.70. The first-order chi connectivity index (χ1) is 7.11. The Morgan fingerprint density at radius 2 is 2.00 bits per heavy atom. The van der Waals surface area contributed by atoms with Crippen molar-refractivity contribution >= 4 is 27.5 Å². The van der Waals surface area contributed by atoms with Crippen LogP contribution in [0.4, 0.5) is 0 Å². The van der Waals surface area contributed by atoms with Gasteiger partial charge in [-0.1, -0.05) is 29.8 Å². The largest absolute Gasteiger partial charge is 0.326 e. The smallest absolute Gasteiger partial charge is 0.112 e. The Balaban J connectivity index is 2.65. The maximum absolute atomic E-state index is 6.12. The molecular weight excluding hydrogens is 275 g/mol. The Hall–Kier alpha value is -0.800. The van der Waals surface area contributed by atoms with E-state index in [-0.39, 0.29) is 0 Å². The number of imidazole rings is 1. The molecule has 0 N–H and O–H groups in total. The maximum Gasteiger partial charge on any atom is 0.112 e. The first-order valence-corrected chi connectivity index (χ1v) is 5.72. The van der Waals surface area contributed by atoms with Gasteiger partial charge in [0.25, 0.3) is 0 Å². The van der Waals surface area contributed by atoms with E-state index in [2.05, 4.69) is 20.9 Å². The minimum Gasteiger partial charge on any atom is -0.326 e. The first kappa shape index (κ1) is 10.7. The van der Waals surface area contributed by atoms with Crippen molar-refractivity contribution in [1.29, 1.82) is 0 Å². The third-order valence-electron chi connectivity index (χ3n) is 2.38. The zero-order chi connectivity index (χ0) is 11.0. The number of hydrogen-bond acceptors (Lipinski definition) is 1. The number of nitrogens with zero attached hydrogens (tertiary/aromatic N) is 2. The molecule has 2 aromatic rings. The Labute approximate surface area is 102 Å². The van der Waals surface area contributed by atoms with Crippen LogP contribution in [0.5, 0.6) is 0 Å². The van der Waals surface area contributed by atoms with Crippen LogP contribution < -0.4 is 0 Å². The van der Waals surface area contributed by atoms with Crippen LogP contribution >= 0.6 is 27.5 Å². The van der Waals surface area contributed by atoms with Gasteiger partial charge in [-0.05, 0) is 28.9 Å². The van der Waals surface area contributed by atoms with E-state index < -0.39 is 0 Å². The molecule has 0 saturated carbocycles. The minimum absolute atomic E-state index is 0.719. The molecule has 2 rings (SSSR count). The number of rotatable bonds is 1. The third kappa shape index (κ3) is 1.82. The quantitative estimate of drug-likeness (QED) is 0.779. The molecule has 0 unspecified atom stereocenters. The van der Waals surface area contributed by atoms with E-state index in [1.54, 1.807) is 0 Å². The zero-order valence-corrected chi connectivity index (χ0v) is 10.8. The Morgan fingerprint density at radius 1 is 1.33 bits per heavy atom. The summed E-state index contributed by atoms with van der Waals surface area (Å²) in [6.45, 7) is 1.96.